The monoisotopic (exact) mass is 244 g/mol. The number of rotatable bonds is 2. The summed E-state index contributed by atoms with van der Waals surface area (Å²) in [6, 6.07) is 10.9. The number of anilines is 1. The normalized spacial score (nSPS) is 32.2. The first-order valence-electron chi connectivity index (χ1n) is 7.28. The molecule has 2 heterocycles. The second-order valence-electron chi connectivity index (χ2n) is 6.03. The number of para-hydroxylation sites is 1. The lowest BCUT2D eigenvalue weighted by Crippen LogP contribution is -2.52. The highest BCUT2D eigenvalue weighted by Gasteiger charge is 2.35. The average molecular weight is 244 g/mol. The summed E-state index contributed by atoms with van der Waals surface area (Å²) in [5.74, 6) is 0. The number of fused-ring (bicyclic) bond motifs is 2. The number of benzene rings is 1. The van der Waals surface area contributed by atoms with E-state index in [4.69, 9.17) is 0 Å². The van der Waals surface area contributed by atoms with E-state index in [1.807, 2.05) is 0 Å². The molecule has 1 N–H and O–H groups in total. The molecular weight excluding hydrogens is 220 g/mol. The summed E-state index contributed by atoms with van der Waals surface area (Å²) in [6.45, 7) is 2.19. The molecule has 2 heteroatoms. The van der Waals surface area contributed by atoms with Gasteiger partial charge in [-0.2, -0.15) is 0 Å². The predicted octanol–water partition coefficient (Wildman–Crippen LogP) is 3.42. The molecule has 2 aliphatic heterocycles. The van der Waals surface area contributed by atoms with Crippen LogP contribution in [0.4, 0.5) is 5.69 Å². The molecule has 2 nitrogen and oxygen atoms in total. The van der Waals surface area contributed by atoms with Crippen molar-refractivity contribution in [2.24, 2.45) is 0 Å². The van der Waals surface area contributed by atoms with Gasteiger partial charge in [0.05, 0.1) is 0 Å². The molecule has 98 valence electrons. The lowest BCUT2D eigenvalue weighted by Gasteiger charge is -2.47. The fourth-order valence-electron chi connectivity index (χ4n) is 3.69. The summed E-state index contributed by atoms with van der Waals surface area (Å²) >= 11 is 0. The lowest BCUT2D eigenvalue weighted by molar-refractivity contribution is 0.0608. The van der Waals surface area contributed by atoms with Gasteiger partial charge in [-0.15, -0.1) is 0 Å². The molecule has 1 aromatic rings. The maximum absolute atomic E-state index is 3.77. The third-order valence-corrected chi connectivity index (χ3v) is 4.84. The van der Waals surface area contributed by atoms with Crippen molar-refractivity contribution >= 4 is 5.69 Å². The molecule has 3 rings (SSSR count). The Bertz CT molecular complexity index is 401. The number of nitrogens with zero attached hydrogens (tertiary/aromatic N) is 1. The first-order valence-corrected chi connectivity index (χ1v) is 7.28. The number of hydrogen-bond acceptors (Lipinski definition) is 2. The molecule has 0 radical (unpaired) electrons. The Balaban J connectivity index is 1.70. The summed E-state index contributed by atoms with van der Waals surface area (Å²) < 4.78 is 0. The Kier molecular flexibility index (Phi) is 3.29. The summed E-state index contributed by atoms with van der Waals surface area (Å²) in [4.78, 5) is 2.62. The predicted molar refractivity (Wildman–Crippen MR) is 77.0 cm³/mol. The van der Waals surface area contributed by atoms with Crippen molar-refractivity contribution in [1.29, 1.82) is 0 Å². The first-order chi connectivity index (χ1) is 8.74. The van der Waals surface area contributed by atoms with E-state index in [1.54, 1.807) is 0 Å². The van der Waals surface area contributed by atoms with Gasteiger partial charge >= 0.3 is 0 Å². The van der Waals surface area contributed by atoms with E-state index in [0.717, 1.165) is 12.1 Å². The van der Waals surface area contributed by atoms with Crippen LogP contribution in [0, 0.1) is 6.92 Å². The molecule has 2 aliphatic rings. The standard InChI is InChI=1S/C16H24N2/c1-12-6-3-4-9-16(12)17-13-10-14-7-5-8-15(11-13)18(14)2/h3-4,6,9,13-15,17H,5,7-8,10-11H2,1-2H3/t13?,14-,15?/m1/s1. The molecule has 18 heavy (non-hydrogen) atoms. The minimum Gasteiger partial charge on any atom is -0.382 e. The molecule has 0 amide bonds. The van der Waals surface area contributed by atoms with Crippen LogP contribution in [0.2, 0.25) is 0 Å². The summed E-state index contributed by atoms with van der Waals surface area (Å²) in [6.07, 6.45) is 6.82. The van der Waals surface area contributed by atoms with Crippen LogP contribution >= 0.6 is 0 Å². The molecule has 2 saturated heterocycles. The SMILES string of the molecule is Cc1ccccc1NC1CC2CCC[C@H](C1)N2C. The van der Waals surface area contributed by atoms with E-state index in [1.165, 1.54) is 43.4 Å². The number of nitrogens with one attached hydrogen (secondary N) is 1. The van der Waals surface area contributed by atoms with Crippen molar-refractivity contribution in [2.45, 2.75) is 57.2 Å². The van der Waals surface area contributed by atoms with Crippen molar-refractivity contribution < 1.29 is 0 Å². The third kappa shape index (κ3) is 2.26. The molecule has 1 aromatic carbocycles. The highest BCUT2D eigenvalue weighted by atomic mass is 15.2. The minimum atomic E-state index is 0.664. The molecule has 2 unspecified atom stereocenters. The van der Waals surface area contributed by atoms with E-state index in [0.29, 0.717) is 6.04 Å². The quantitative estimate of drug-likeness (QED) is 0.857. The van der Waals surface area contributed by atoms with Crippen LogP contribution in [0.25, 0.3) is 0 Å². The zero-order valence-electron chi connectivity index (χ0n) is 11.5. The summed E-state index contributed by atoms with van der Waals surface area (Å²) in [5, 5.41) is 3.77. The van der Waals surface area contributed by atoms with Crippen molar-refractivity contribution in [3.05, 3.63) is 29.8 Å². The highest BCUT2D eigenvalue weighted by Crippen LogP contribution is 2.34. The van der Waals surface area contributed by atoms with Crippen molar-refractivity contribution in [3.63, 3.8) is 0 Å². The first kappa shape index (κ1) is 12.0. The topological polar surface area (TPSA) is 15.3 Å². The lowest BCUT2D eigenvalue weighted by atomic mass is 9.82. The Hall–Kier alpha value is -1.02. The van der Waals surface area contributed by atoms with Gasteiger partial charge in [-0.05, 0) is 51.3 Å². The number of hydrogen-bond donors (Lipinski definition) is 1. The molecule has 0 aromatic heterocycles. The van der Waals surface area contributed by atoms with Crippen LogP contribution in [-0.2, 0) is 0 Å². The molecule has 0 saturated carbocycles. The second kappa shape index (κ2) is 4.93. The van der Waals surface area contributed by atoms with Gasteiger partial charge in [0.1, 0.15) is 0 Å². The third-order valence-electron chi connectivity index (χ3n) is 4.84. The van der Waals surface area contributed by atoms with Gasteiger partial charge in [0.25, 0.3) is 0 Å². The number of piperidine rings is 2. The van der Waals surface area contributed by atoms with Gasteiger partial charge < -0.3 is 10.2 Å². The van der Waals surface area contributed by atoms with Crippen LogP contribution in [0.3, 0.4) is 0 Å². The Morgan fingerprint density at radius 3 is 2.44 bits per heavy atom. The van der Waals surface area contributed by atoms with Gasteiger partial charge in [0.2, 0.25) is 0 Å². The van der Waals surface area contributed by atoms with Crippen LogP contribution in [-0.4, -0.2) is 30.1 Å². The molecule has 2 bridgehead atoms. The van der Waals surface area contributed by atoms with E-state index in [2.05, 4.69) is 48.5 Å². The summed E-state index contributed by atoms with van der Waals surface area (Å²) in [5.41, 5.74) is 2.69. The molecule has 0 aliphatic carbocycles. The second-order valence-corrected chi connectivity index (χ2v) is 6.03. The van der Waals surface area contributed by atoms with Crippen LogP contribution in [0.5, 0.6) is 0 Å². The van der Waals surface area contributed by atoms with E-state index in [9.17, 15) is 0 Å². The van der Waals surface area contributed by atoms with Gasteiger partial charge in [-0.3, -0.25) is 0 Å². The maximum atomic E-state index is 3.77. The van der Waals surface area contributed by atoms with Gasteiger partial charge in [0.15, 0.2) is 0 Å². The smallest absolute Gasteiger partial charge is 0.0372 e. The fraction of sp³-hybridized carbons (Fsp3) is 0.625. The van der Waals surface area contributed by atoms with E-state index >= 15 is 0 Å². The molecule has 0 spiro atoms. The van der Waals surface area contributed by atoms with Crippen molar-refractivity contribution in [2.75, 3.05) is 12.4 Å². The van der Waals surface area contributed by atoms with Gasteiger partial charge in [0, 0.05) is 23.8 Å². The van der Waals surface area contributed by atoms with Crippen molar-refractivity contribution in [3.8, 4) is 0 Å². The summed E-state index contributed by atoms with van der Waals surface area (Å²) in [7, 11) is 2.32. The largest absolute Gasteiger partial charge is 0.382 e. The van der Waals surface area contributed by atoms with Crippen LogP contribution in [0.15, 0.2) is 24.3 Å². The zero-order chi connectivity index (χ0) is 12.5. The average Bonchev–Trinajstić information content (AvgIpc) is 2.33. The van der Waals surface area contributed by atoms with Gasteiger partial charge in [-0.25, -0.2) is 0 Å². The maximum Gasteiger partial charge on any atom is 0.0372 e. The van der Waals surface area contributed by atoms with E-state index < -0.39 is 0 Å². The minimum absolute atomic E-state index is 0.664. The zero-order valence-corrected chi connectivity index (χ0v) is 11.5. The highest BCUT2D eigenvalue weighted by molar-refractivity contribution is 5.51. The van der Waals surface area contributed by atoms with E-state index in [-0.39, 0.29) is 0 Å². The Morgan fingerprint density at radius 1 is 1.11 bits per heavy atom. The Labute approximate surface area is 110 Å². The van der Waals surface area contributed by atoms with Crippen molar-refractivity contribution in [1.82, 2.24) is 4.90 Å². The van der Waals surface area contributed by atoms with Crippen LogP contribution in [0.1, 0.15) is 37.7 Å². The fourth-order valence-corrected chi connectivity index (χ4v) is 3.69. The molecule has 3 atom stereocenters. The Morgan fingerprint density at radius 2 is 1.78 bits per heavy atom. The number of aryl methyl sites for hydroxylation is 1. The van der Waals surface area contributed by atoms with Gasteiger partial charge in [-0.1, -0.05) is 24.6 Å². The molecular formula is C16H24N2. The molecule has 2 fully saturated rings. The van der Waals surface area contributed by atoms with Crippen LogP contribution < -0.4 is 5.32 Å².